The fraction of sp³-hybridized carbons (Fsp3) is 0.0476. The summed E-state index contributed by atoms with van der Waals surface area (Å²) < 4.78 is 0. The molecule has 1 aliphatic rings. The van der Waals surface area contributed by atoms with Crippen LogP contribution in [0.25, 0.3) is 17.2 Å². The molecule has 0 radical (unpaired) electrons. The minimum absolute atomic E-state index is 0.0175. The molecule has 1 aliphatic heterocycles. The highest BCUT2D eigenvalue weighted by Gasteiger charge is 2.32. The molecule has 0 bridgehead atoms. The Labute approximate surface area is 166 Å². The molecule has 0 aromatic heterocycles. The summed E-state index contributed by atoms with van der Waals surface area (Å²) >= 11 is 5.02. The molecule has 7 heteroatoms. The lowest BCUT2D eigenvalue weighted by molar-refractivity contribution is -0.128. The first-order valence-electron chi connectivity index (χ1n) is 8.34. The van der Waals surface area contributed by atoms with Gasteiger partial charge >= 0.3 is 5.97 Å². The summed E-state index contributed by atoms with van der Waals surface area (Å²) in [7, 11) is 0. The van der Waals surface area contributed by atoms with Gasteiger partial charge in [-0.3, -0.25) is 19.8 Å². The minimum Gasteiger partial charge on any atom is -0.478 e. The zero-order valence-corrected chi connectivity index (χ0v) is 15.5. The van der Waals surface area contributed by atoms with Crippen LogP contribution in [-0.4, -0.2) is 39.4 Å². The lowest BCUT2D eigenvalue weighted by atomic mass is 10.0. The van der Waals surface area contributed by atoms with Gasteiger partial charge in [0.15, 0.2) is 5.11 Å². The van der Waals surface area contributed by atoms with Crippen LogP contribution in [-0.2, 0) is 9.59 Å². The molecule has 0 spiro atoms. The number of benzene rings is 2. The Balaban J connectivity index is 1.89. The summed E-state index contributed by atoms with van der Waals surface area (Å²) in [5.41, 5.74) is 2.41. The van der Waals surface area contributed by atoms with Crippen molar-refractivity contribution in [1.82, 2.24) is 10.2 Å². The van der Waals surface area contributed by atoms with Gasteiger partial charge in [0.25, 0.3) is 11.8 Å². The third kappa shape index (κ3) is 3.89. The summed E-state index contributed by atoms with van der Waals surface area (Å²) in [5, 5.41) is 11.7. The van der Waals surface area contributed by atoms with Crippen LogP contribution < -0.4 is 5.32 Å². The number of carbonyl (C=O) groups excluding carboxylic acids is 2. The Morgan fingerprint density at radius 2 is 1.86 bits per heavy atom. The first-order chi connectivity index (χ1) is 13.4. The molecule has 3 rings (SSSR count). The lowest BCUT2D eigenvalue weighted by Gasteiger charge is -2.27. The SMILES string of the molecule is C=CCN1C(=O)C(=Cc2ccc(-c3cccc(C(=O)O)c3)cc2)C(=O)NC1=S. The number of carboxylic acids is 1. The van der Waals surface area contributed by atoms with E-state index in [-0.39, 0.29) is 22.8 Å². The van der Waals surface area contributed by atoms with E-state index < -0.39 is 17.8 Å². The molecule has 1 fully saturated rings. The van der Waals surface area contributed by atoms with Crippen molar-refractivity contribution in [3.63, 3.8) is 0 Å². The second kappa shape index (κ2) is 7.98. The first-order valence-corrected chi connectivity index (χ1v) is 8.75. The highest BCUT2D eigenvalue weighted by Crippen LogP contribution is 2.22. The molecule has 0 atom stereocenters. The Hall–Kier alpha value is -3.58. The second-order valence-electron chi connectivity index (χ2n) is 6.03. The number of hydrogen-bond donors (Lipinski definition) is 2. The average molecular weight is 392 g/mol. The zero-order chi connectivity index (χ0) is 20.3. The number of nitrogens with one attached hydrogen (secondary N) is 1. The number of carboxylic acid groups (broad SMARTS) is 1. The molecule has 2 aromatic carbocycles. The smallest absolute Gasteiger partial charge is 0.335 e. The fourth-order valence-corrected chi connectivity index (χ4v) is 3.01. The molecule has 0 unspecified atom stereocenters. The highest BCUT2D eigenvalue weighted by molar-refractivity contribution is 7.80. The molecule has 0 aliphatic carbocycles. The van der Waals surface area contributed by atoms with Crippen molar-refractivity contribution in [3.05, 3.63) is 77.9 Å². The Morgan fingerprint density at radius 3 is 2.50 bits per heavy atom. The van der Waals surface area contributed by atoms with Crippen LogP contribution in [0.1, 0.15) is 15.9 Å². The lowest BCUT2D eigenvalue weighted by Crippen LogP contribution is -2.53. The van der Waals surface area contributed by atoms with Gasteiger partial charge in [0.2, 0.25) is 0 Å². The van der Waals surface area contributed by atoms with E-state index in [0.29, 0.717) is 5.56 Å². The maximum absolute atomic E-state index is 12.5. The quantitative estimate of drug-likeness (QED) is 0.354. The molecule has 0 saturated carbocycles. The second-order valence-corrected chi connectivity index (χ2v) is 6.42. The van der Waals surface area contributed by atoms with Crippen LogP contribution in [0, 0.1) is 0 Å². The number of carbonyl (C=O) groups is 3. The van der Waals surface area contributed by atoms with Gasteiger partial charge in [-0.25, -0.2) is 4.79 Å². The Kier molecular flexibility index (Phi) is 5.47. The topological polar surface area (TPSA) is 86.7 Å². The van der Waals surface area contributed by atoms with Crippen molar-refractivity contribution in [1.29, 1.82) is 0 Å². The molecule has 2 N–H and O–H groups in total. The maximum atomic E-state index is 12.5. The number of thiocarbonyl (C=S) groups is 1. The largest absolute Gasteiger partial charge is 0.478 e. The molecule has 28 heavy (non-hydrogen) atoms. The Bertz CT molecular complexity index is 1020. The number of nitrogens with zero attached hydrogens (tertiary/aromatic N) is 1. The van der Waals surface area contributed by atoms with Gasteiger partial charge in [-0.15, -0.1) is 6.58 Å². The van der Waals surface area contributed by atoms with E-state index in [0.717, 1.165) is 11.1 Å². The van der Waals surface area contributed by atoms with Crippen molar-refractivity contribution >= 4 is 41.2 Å². The molecule has 2 aromatic rings. The summed E-state index contributed by atoms with van der Waals surface area (Å²) in [6.45, 7) is 3.79. The van der Waals surface area contributed by atoms with Crippen molar-refractivity contribution < 1.29 is 19.5 Å². The monoisotopic (exact) mass is 392 g/mol. The molecule has 6 nitrogen and oxygen atoms in total. The molecule has 1 saturated heterocycles. The third-order valence-electron chi connectivity index (χ3n) is 4.16. The standard InChI is InChI=1S/C21H16N2O4S/c1-2-10-23-19(25)17(18(24)22-21(23)28)11-13-6-8-14(9-7-13)15-4-3-5-16(12-15)20(26)27/h2-9,11-12H,1,10H2,(H,26,27)(H,22,24,28). The summed E-state index contributed by atoms with van der Waals surface area (Å²) in [4.78, 5) is 37.1. The molecular weight excluding hydrogens is 376 g/mol. The molecular formula is C21H16N2O4S. The van der Waals surface area contributed by atoms with Crippen LogP contribution in [0.15, 0.2) is 66.8 Å². The summed E-state index contributed by atoms with van der Waals surface area (Å²) in [6, 6.07) is 13.7. The summed E-state index contributed by atoms with van der Waals surface area (Å²) in [6.07, 6.45) is 3.02. The normalized spacial score (nSPS) is 15.5. The Morgan fingerprint density at radius 1 is 1.14 bits per heavy atom. The third-order valence-corrected chi connectivity index (χ3v) is 4.48. The van der Waals surface area contributed by atoms with Crippen LogP contribution in [0.4, 0.5) is 0 Å². The van der Waals surface area contributed by atoms with E-state index in [1.54, 1.807) is 36.4 Å². The summed E-state index contributed by atoms with van der Waals surface area (Å²) in [5.74, 6) is -2.02. The van der Waals surface area contributed by atoms with E-state index in [1.807, 2.05) is 6.07 Å². The first kappa shape index (κ1) is 19.2. The fourth-order valence-electron chi connectivity index (χ4n) is 2.76. The van der Waals surface area contributed by atoms with E-state index in [1.165, 1.54) is 23.1 Å². The van der Waals surface area contributed by atoms with E-state index >= 15 is 0 Å². The number of rotatable bonds is 5. The zero-order valence-electron chi connectivity index (χ0n) is 14.7. The van der Waals surface area contributed by atoms with Gasteiger partial charge in [-0.05, 0) is 47.1 Å². The predicted octanol–water partition coefficient (Wildman–Crippen LogP) is 2.86. The minimum atomic E-state index is -0.994. The van der Waals surface area contributed by atoms with Gasteiger partial charge in [0.05, 0.1) is 5.56 Å². The molecule has 2 amide bonds. The van der Waals surface area contributed by atoms with Gasteiger partial charge in [0.1, 0.15) is 5.57 Å². The highest BCUT2D eigenvalue weighted by atomic mass is 32.1. The molecule has 1 heterocycles. The molecule has 140 valence electrons. The van der Waals surface area contributed by atoms with Crippen LogP contribution in [0.2, 0.25) is 0 Å². The number of hydrogen-bond acceptors (Lipinski definition) is 4. The van der Waals surface area contributed by atoms with Crippen molar-refractivity contribution in [2.45, 2.75) is 0 Å². The van der Waals surface area contributed by atoms with Gasteiger partial charge < -0.3 is 5.11 Å². The van der Waals surface area contributed by atoms with Crippen LogP contribution >= 0.6 is 12.2 Å². The van der Waals surface area contributed by atoms with E-state index in [9.17, 15) is 14.4 Å². The van der Waals surface area contributed by atoms with E-state index in [2.05, 4.69) is 11.9 Å². The number of aromatic carboxylic acids is 1. The van der Waals surface area contributed by atoms with Gasteiger partial charge in [-0.1, -0.05) is 42.5 Å². The van der Waals surface area contributed by atoms with Gasteiger partial charge in [0, 0.05) is 6.54 Å². The van der Waals surface area contributed by atoms with Crippen LogP contribution in [0.3, 0.4) is 0 Å². The van der Waals surface area contributed by atoms with Crippen molar-refractivity contribution in [3.8, 4) is 11.1 Å². The maximum Gasteiger partial charge on any atom is 0.335 e. The average Bonchev–Trinajstić information content (AvgIpc) is 2.69. The predicted molar refractivity (Wildman–Crippen MR) is 109 cm³/mol. The van der Waals surface area contributed by atoms with E-state index in [4.69, 9.17) is 17.3 Å². The van der Waals surface area contributed by atoms with Gasteiger partial charge in [-0.2, -0.15) is 0 Å². The van der Waals surface area contributed by atoms with Crippen molar-refractivity contribution in [2.75, 3.05) is 6.54 Å². The van der Waals surface area contributed by atoms with Crippen LogP contribution in [0.5, 0.6) is 0 Å². The number of amides is 2. The van der Waals surface area contributed by atoms with Crippen molar-refractivity contribution in [2.24, 2.45) is 0 Å².